The molecule has 0 bridgehead atoms. The largest absolute Gasteiger partial charge is 0.493 e. The number of ether oxygens (including phenoxy) is 1. The number of thiophene rings is 1. The molecule has 0 atom stereocenters. The van der Waals surface area contributed by atoms with Gasteiger partial charge in [0.1, 0.15) is 22.7 Å². The van der Waals surface area contributed by atoms with Gasteiger partial charge in [0.2, 0.25) is 0 Å². The van der Waals surface area contributed by atoms with Gasteiger partial charge in [-0.3, -0.25) is 4.42 Å². The summed E-state index contributed by atoms with van der Waals surface area (Å²) >= 11 is 1.71. The summed E-state index contributed by atoms with van der Waals surface area (Å²) < 4.78 is 17.7. The third-order valence-electron chi connectivity index (χ3n) is 3.73. The van der Waals surface area contributed by atoms with Crippen molar-refractivity contribution in [2.45, 2.75) is 27.7 Å². The minimum absolute atomic E-state index is 0.608. The molecule has 0 amide bonds. The zero-order valence-corrected chi connectivity index (χ0v) is 14.8. The van der Waals surface area contributed by atoms with E-state index in [1.165, 1.54) is 4.88 Å². The van der Waals surface area contributed by atoms with Crippen LogP contribution in [0.2, 0.25) is 0 Å². The number of fused-ring (bicyclic) bond motifs is 1. The number of hydrogen-bond acceptors (Lipinski definition) is 3. The SMILES string of the molecule is CCOc1cc(-c2cccs2)cc(=[O+]CC)c2c(C)oc(C)c12. The fourth-order valence-electron chi connectivity index (χ4n) is 2.87. The highest BCUT2D eigenvalue weighted by Crippen LogP contribution is 2.34. The molecule has 120 valence electrons. The van der Waals surface area contributed by atoms with Crippen LogP contribution in [0.3, 0.4) is 0 Å². The Balaban J connectivity index is 2.48. The average molecular weight is 329 g/mol. The second-order valence-corrected chi connectivity index (χ2v) is 6.23. The summed E-state index contributed by atoms with van der Waals surface area (Å²) in [5.41, 5.74) is 1.94. The van der Waals surface area contributed by atoms with Gasteiger partial charge < -0.3 is 9.15 Å². The van der Waals surface area contributed by atoms with Crippen LogP contribution < -0.4 is 10.2 Å². The van der Waals surface area contributed by atoms with Gasteiger partial charge in [0.25, 0.3) is 6.61 Å². The van der Waals surface area contributed by atoms with Crippen LogP contribution in [0, 0.1) is 13.8 Å². The molecule has 3 aromatic rings. The van der Waals surface area contributed by atoms with Crippen LogP contribution in [0.5, 0.6) is 5.75 Å². The van der Waals surface area contributed by atoms with E-state index in [2.05, 4.69) is 29.6 Å². The molecule has 0 saturated carbocycles. The van der Waals surface area contributed by atoms with Gasteiger partial charge in [-0.05, 0) is 38.3 Å². The predicted octanol–water partition coefficient (Wildman–Crippen LogP) is 5.09. The third-order valence-corrected chi connectivity index (χ3v) is 4.65. The summed E-state index contributed by atoms with van der Waals surface area (Å²) in [6, 6.07) is 8.34. The maximum absolute atomic E-state index is 5.93. The van der Waals surface area contributed by atoms with Gasteiger partial charge in [0.05, 0.1) is 18.1 Å². The second kappa shape index (κ2) is 6.59. The highest BCUT2D eigenvalue weighted by Gasteiger charge is 2.19. The molecule has 0 radical (unpaired) electrons. The van der Waals surface area contributed by atoms with Gasteiger partial charge in [-0.25, -0.2) is 0 Å². The van der Waals surface area contributed by atoms with E-state index in [1.807, 2.05) is 27.7 Å². The van der Waals surface area contributed by atoms with Crippen LogP contribution in [0.4, 0.5) is 0 Å². The molecular weight excluding hydrogens is 308 g/mol. The fourth-order valence-corrected chi connectivity index (χ4v) is 3.58. The molecule has 1 aromatic carbocycles. The number of hydrogen-bond donors (Lipinski definition) is 0. The van der Waals surface area contributed by atoms with E-state index in [1.54, 1.807) is 11.3 Å². The van der Waals surface area contributed by atoms with Gasteiger partial charge in [0, 0.05) is 17.4 Å². The summed E-state index contributed by atoms with van der Waals surface area (Å²) in [5.74, 6) is 2.55. The summed E-state index contributed by atoms with van der Waals surface area (Å²) in [7, 11) is 0. The lowest BCUT2D eigenvalue weighted by molar-refractivity contribution is 0.344. The number of aryl methyl sites for hydroxylation is 2. The zero-order chi connectivity index (χ0) is 16.4. The lowest BCUT2D eigenvalue weighted by Gasteiger charge is -2.02. The van der Waals surface area contributed by atoms with Crippen LogP contribution in [0.15, 0.2) is 38.5 Å². The van der Waals surface area contributed by atoms with E-state index in [0.29, 0.717) is 13.2 Å². The van der Waals surface area contributed by atoms with Crippen molar-refractivity contribution in [3.05, 3.63) is 51.0 Å². The Labute approximate surface area is 139 Å². The molecule has 0 saturated heterocycles. The maximum atomic E-state index is 5.93. The molecule has 2 aromatic heterocycles. The minimum Gasteiger partial charge on any atom is -0.493 e. The first-order valence-electron chi connectivity index (χ1n) is 7.86. The molecule has 4 heteroatoms. The standard InChI is InChI=1S/C19H21O3S/c1-5-20-15-10-14(17-8-7-9-23-17)11-16(21-6-2)19-13(4)22-12(3)18(15)19/h7-11H,5-6H2,1-4H3/q+1. The van der Waals surface area contributed by atoms with Crippen molar-refractivity contribution >= 4 is 22.1 Å². The molecule has 0 unspecified atom stereocenters. The second-order valence-electron chi connectivity index (χ2n) is 5.28. The van der Waals surface area contributed by atoms with Crippen LogP contribution in [0.25, 0.3) is 21.2 Å². The number of rotatable bonds is 4. The van der Waals surface area contributed by atoms with Gasteiger partial charge in [0.15, 0.2) is 0 Å². The first-order chi connectivity index (χ1) is 11.2. The Hall–Kier alpha value is -2.07. The lowest BCUT2D eigenvalue weighted by atomic mass is 10.2. The van der Waals surface area contributed by atoms with Crippen LogP contribution in [-0.2, 0) is 0 Å². The molecule has 0 N–H and O–H groups in total. The normalized spacial score (nSPS) is 12.1. The first kappa shape index (κ1) is 15.8. The molecule has 3 nitrogen and oxygen atoms in total. The van der Waals surface area contributed by atoms with Crippen LogP contribution in [0.1, 0.15) is 25.4 Å². The molecule has 23 heavy (non-hydrogen) atoms. The minimum atomic E-state index is 0.608. The fraction of sp³-hybridized carbons (Fsp3) is 0.316. The quantitative estimate of drug-likeness (QED) is 0.625. The Morgan fingerprint density at radius 3 is 2.57 bits per heavy atom. The lowest BCUT2D eigenvalue weighted by Crippen LogP contribution is -2.01. The summed E-state index contributed by atoms with van der Waals surface area (Å²) in [5, 5.41) is 4.07. The Bertz CT molecular complexity index is 889. The highest BCUT2D eigenvalue weighted by atomic mass is 32.1. The van der Waals surface area contributed by atoms with Crippen molar-refractivity contribution in [1.29, 1.82) is 0 Å². The monoisotopic (exact) mass is 329 g/mol. The van der Waals surface area contributed by atoms with E-state index < -0.39 is 0 Å². The van der Waals surface area contributed by atoms with Gasteiger partial charge in [-0.2, -0.15) is 0 Å². The molecule has 2 heterocycles. The van der Waals surface area contributed by atoms with Crippen molar-refractivity contribution in [2.24, 2.45) is 0 Å². The van der Waals surface area contributed by atoms with Crippen molar-refractivity contribution in [1.82, 2.24) is 0 Å². The van der Waals surface area contributed by atoms with E-state index in [-0.39, 0.29) is 0 Å². The van der Waals surface area contributed by atoms with E-state index in [0.717, 1.165) is 39.0 Å². The number of furan rings is 1. The van der Waals surface area contributed by atoms with E-state index in [4.69, 9.17) is 13.6 Å². The van der Waals surface area contributed by atoms with E-state index in [9.17, 15) is 0 Å². The first-order valence-corrected chi connectivity index (χ1v) is 8.74. The average Bonchev–Trinajstić information content (AvgIpc) is 3.09. The van der Waals surface area contributed by atoms with Crippen LogP contribution in [-0.4, -0.2) is 13.2 Å². The highest BCUT2D eigenvalue weighted by molar-refractivity contribution is 7.13. The maximum Gasteiger partial charge on any atom is 0.355 e. The smallest absolute Gasteiger partial charge is 0.355 e. The Kier molecular flexibility index (Phi) is 4.53. The Morgan fingerprint density at radius 2 is 1.91 bits per heavy atom. The van der Waals surface area contributed by atoms with Crippen molar-refractivity contribution in [2.75, 3.05) is 13.2 Å². The predicted molar refractivity (Wildman–Crippen MR) is 97.0 cm³/mol. The molecule has 0 aliphatic carbocycles. The van der Waals surface area contributed by atoms with Gasteiger partial charge >= 0.3 is 5.43 Å². The Morgan fingerprint density at radius 1 is 1.13 bits per heavy atom. The molecule has 0 spiro atoms. The van der Waals surface area contributed by atoms with E-state index >= 15 is 0 Å². The van der Waals surface area contributed by atoms with Crippen molar-refractivity contribution < 1.29 is 9.15 Å². The third kappa shape index (κ3) is 2.91. The van der Waals surface area contributed by atoms with Crippen molar-refractivity contribution in [3.8, 4) is 16.2 Å². The van der Waals surface area contributed by atoms with Gasteiger partial charge in [-0.1, -0.05) is 6.07 Å². The van der Waals surface area contributed by atoms with Crippen molar-refractivity contribution in [3.63, 3.8) is 0 Å². The summed E-state index contributed by atoms with van der Waals surface area (Å²) in [6.45, 7) is 9.15. The molecule has 0 aliphatic rings. The van der Waals surface area contributed by atoms with Crippen LogP contribution >= 0.6 is 11.3 Å². The summed E-state index contributed by atoms with van der Waals surface area (Å²) in [6.07, 6.45) is 0. The molecule has 0 aliphatic heterocycles. The summed E-state index contributed by atoms with van der Waals surface area (Å²) in [4.78, 5) is 1.19. The zero-order valence-electron chi connectivity index (χ0n) is 13.9. The molecule has 0 fully saturated rings. The molecule has 3 rings (SSSR count). The van der Waals surface area contributed by atoms with Gasteiger partial charge in [-0.15, -0.1) is 11.3 Å². The topological polar surface area (TPSA) is 33.7 Å². The molecular formula is C19H21O3S+.